The lowest BCUT2D eigenvalue weighted by Crippen LogP contribution is -2.01. The molecule has 0 aliphatic carbocycles. The van der Waals surface area contributed by atoms with Crippen molar-refractivity contribution >= 4 is 39.6 Å². The van der Waals surface area contributed by atoms with Crippen molar-refractivity contribution in [2.75, 3.05) is 5.32 Å². The highest BCUT2D eigenvalue weighted by molar-refractivity contribution is 14.1. The first kappa shape index (κ1) is 13.5. The maximum absolute atomic E-state index is 4.62. The van der Waals surface area contributed by atoms with E-state index in [2.05, 4.69) is 55.4 Å². The summed E-state index contributed by atoms with van der Waals surface area (Å²) in [6, 6.07) is 14.1. The first-order valence-corrected chi connectivity index (χ1v) is 8.13. The Bertz CT molecular complexity index is 697. The molecule has 0 aliphatic heterocycles. The molecule has 0 saturated heterocycles. The van der Waals surface area contributed by atoms with Gasteiger partial charge in [0, 0.05) is 20.8 Å². The van der Waals surface area contributed by atoms with Crippen LogP contribution in [0.2, 0.25) is 0 Å². The van der Waals surface area contributed by atoms with Crippen LogP contribution in [0.15, 0.2) is 54.0 Å². The van der Waals surface area contributed by atoms with E-state index in [0.29, 0.717) is 0 Å². The fourth-order valence-electron chi connectivity index (χ4n) is 1.79. The molecule has 2 aromatic heterocycles. The fraction of sp³-hybridized carbons (Fsp3) is 0.0667. The number of benzene rings is 1. The summed E-state index contributed by atoms with van der Waals surface area (Å²) in [7, 11) is 0. The molecular formula is C15H12IN3S. The Labute approximate surface area is 135 Å². The van der Waals surface area contributed by atoms with Gasteiger partial charge in [-0.2, -0.15) is 0 Å². The summed E-state index contributed by atoms with van der Waals surface area (Å²) in [6.07, 6.45) is 1.79. The van der Waals surface area contributed by atoms with Crippen LogP contribution in [0.4, 0.5) is 5.69 Å². The molecule has 0 spiro atoms. The van der Waals surface area contributed by atoms with Crippen molar-refractivity contribution in [2.24, 2.45) is 0 Å². The number of para-hydroxylation sites is 1. The minimum atomic E-state index is 0.726. The van der Waals surface area contributed by atoms with Gasteiger partial charge in [0.15, 0.2) is 0 Å². The summed E-state index contributed by atoms with van der Waals surface area (Å²) < 4.78 is 1.21. The van der Waals surface area contributed by atoms with E-state index in [-0.39, 0.29) is 0 Å². The average Bonchev–Trinajstić information content (AvgIpc) is 2.96. The standard InChI is InChI=1S/C15H12IN3S/c16-12-5-1-2-6-13(12)18-9-11-10-20-15(19-11)14-7-3-4-8-17-14/h1-8,10,18H,9H2. The van der Waals surface area contributed by atoms with E-state index in [0.717, 1.165) is 28.6 Å². The number of hydrogen-bond donors (Lipinski definition) is 1. The number of nitrogens with zero attached hydrogens (tertiary/aromatic N) is 2. The summed E-state index contributed by atoms with van der Waals surface area (Å²) in [5, 5.41) is 6.45. The third-order valence-corrected chi connectivity index (χ3v) is 4.62. The lowest BCUT2D eigenvalue weighted by atomic mass is 10.3. The Hall–Kier alpha value is -1.47. The van der Waals surface area contributed by atoms with E-state index < -0.39 is 0 Å². The van der Waals surface area contributed by atoms with Crippen LogP contribution >= 0.6 is 33.9 Å². The Morgan fingerprint density at radius 1 is 1.10 bits per heavy atom. The molecular weight excluding hydrogens is 381 g/mol. The fourth-order valence-corrected chi connectivity index (χ4v) is 3.16. The van der Waals surface area contributed by atoms with Crippen LogP contribution in [0.1, 0.15) is 5.69 Å². The van der Waals surface area contributed by atoms with E-state index in [4.69, 9.17) is 0 Å². The SMILES string of the molecule is Ic1ccccc1NCc1csc(-c2ccccn2)n1. The number of halogens is 1. The first-order valence-electron chi connectivity index (χ1n) is 6.17. The summed E-state index contributed by atoms with van der Waals surface area (Å²) in [4.78, 5) is 8.94. The van der Waals surface area contributed by atoms with Gasteiger partial charge in [0.25, 0.3) is 0 Å². The van der Waals surface area contributed by atoms with Gasteiger partial charge in [-0.1, -0.05) is 18.2 Å². The largest absolute Gasteiger partial charge is 0.379 e. The lowest BCUT2D eigenvalue weighted by Gasteiger charge is -2.06. The smallest absolute Gasteiger partial charge is 0.142 e. The molecule has 3 rings (SSSR count). The van der Waals surface area contributed by atoms with Crippen LogP contribution in [0.25, 0.3) is 10.7 Å². The molecule has 0 aliphatic rings. The summed E-state index contributed by atoms with van der Waals surface area (Å²) in [5.41, 5.74) is 3.11. The normalized spacial score (nSPS) is 10.4. The molecule has 0 bridgehead atoms. The maximum Gasteiger partial charge on any atom is 0.142 e. The Kier molecular flexibility index (Phi) is 4.27. The number of hydrogen-bond acceptors (Lipinski definition) is 4. The van der Waals surface area contributed by atoms with Gasteiger partial charge in [-0.15, -0.1) is 11.3 Å². The van der Waals surface area contributed by atoms with E-state index in [1.807, 2.05) is 30.3 Å². The quantitative estimate of drug-likeness (QED) is 0.667. The van der Waals surface area contributed by atoms with Gasteiger partial charge in [0.1, 0.15) is 5.01 Å². The molecule has 20 heavy (non-hydrogen) atoms. The number of pyridine rings is 1. The van der Waals surface area contributed by atoms with E-state index in [1.165, 1.54) is 3.57 Å². The molecule has 0 radical (unpaired) electrons. The van der Waals surface area contributed by atoms with Gasteiger partial charge < -0.3 is 5.32 Å². The number of rotatable bonds is 4. The van der Waals surface area contributed by atoms with Crippen molar-refractivity contribution in [2.45, 2.75) is 6.54 Å². The van der Waals surface area contributed by atoms with Crippen molar-refractivity contribution in [3.8, 4) is 10.7 Å². The van der Waals surface area contributed by atoms with Crippen LogP contribution in [0, 0.1) is 3.57 Å². The van der Waals surface area contributed by atoms with Crippen LogP contribution in [-0.2, 0) is 6.54 Å². The molecule has 100 valence electrons. The van der Waals surface area contributed by atoms with Gasteiger partial charge in [-0.05, 0) is 46.9 Å². The van der Waals surface area contributed by atoms with E-state index in [1.54, 1.807) is 17.5 Å². The summed E-state index contributed by atoms with van der Waals surface area (Å²) in [5.74, 6) is 0. The molecule has 1 N–H and O–H groups in total. The molecule has 0 saturated carbocycles. The van der Waals surface area contributed by atoms with Crippen molar-refractivity contribution in [1.82, 2.24) is 9.97 Å². The highest BCUT2D eigenvalue weighted by atomic mass is 127. The Balaban J connectivity index is 1.71. The average molecular weight is 393 g/mol. The number of anilines is 1. The van der Waals surface area contributed by atoms with Crippen molar-refractivity contribution in [3.05, 3.63) is 63.3 Å². The van der Waals surface area contributed by atoms with Crippen LogP contribution in [-0.4, -0.2) is 9.97 Å². The second kappa shape index (κ2) is 6.32. The summed E-state index contributed by atoms with van der Waals surface area (Å²) >= 11 is 3.95. The van der Waals surface area contributed by atoms with Gasteiger partial charge in [0.05, 0.1) is 17.9 Å². The second-order valence-electron chi connectivity index (χ2n) is 4.19. The van der Waals surface area contributed by atoms with Crippen molar-refractivity contribution in [1.29, 1.82) is 0 Å². The zero-order chi connectivity index (χ0) is 13.8. The van der Waals surface area contributed by atoms with Gasteiger partial charge >= 0.3 is 0 Å². The predicted octanol–water partition coefficient (Wildman–Crippen LogP) is 4.42. The third kappa shape index (κ3) is 3.16. The minimum Gasteiger partial charge on any atom is -0.379 e. The predicted molar refractivity (Wildman–Crippen MR) is 91.8 cm³/mol. The molecule has 0 atom stereocenters. The minimum absolute atomic E-state index is 0.726. The summed E-state index contributed by atoms with van der Waals surface area (Å²) in [6.45, 7) is 0.726. The van der Waals surface area contributed by atoms with Gasteiger partial charge in [-0.3, -0.25) is 4.98 Å². The molecule has 5 heteroatoms. The second-order valence-corrected chi connectivity index (χ2v) is 6.21. The highest BCUT2D eigenvalue weighted by Crippen LogP contribution is 2.22. The van der Waals surface area contributed by atoms with E-state index >= 15 is 0 Å². The molecule has 2 heterocycles. The topological polar surface area (TPSA) is 37.8 Å². The Morgan fingerprint density at radius 3 is 2.75 bits per heavy atom. The molecule has 3 aromatic rings. The van der Waals surface area contributed by atoms with Crippen LogP contribution in [0.5, 0.6) is 0 Å². The van der Waals surface area contributed by atoms with Crippen LogP contribution < -0.4 is 5.32 Å². The maximum atomic E-state index is 4.62. The lowest BCUT2D eigenvalue weighted by molar-refractivity contribution is 1.07. The molecule has 0 unspecified atom stereocenters. The number of aromatic nitrogens is 2. The third-order valence-electron chi connectivity index (χ3n) is 2.77. The molecule has 3 nitrogen and oxygen atoms in total. The monoisotopic (exact) mass is 393 g/mol. The van der Waals surface area contributed by atoms with Crippen LogP contribution in [0.3, 0.4) is 0 Å². The zero-order valence-electron chi connectivity index (χ0n) is 10.6. The number of nitrogens with one attached hydrogen (secondary N) is 1. The molecule has 1 aromatic carbocycles. The first-order chi connectivity index (χ1) is 9.83. The van der Waals surface area contributed by atoms with Crippen molar-refractivity contribution < 1.29 is 0 Å². The number of thiazole rings is 1. The molecule has 0 fully saturated rings. The van der Waals surface area contributed by atoms with Gasteiger partial charge in [-0.25, -0.2) is 4.98 Å². The van der Waals surface area contributed by atoms with Crippen molar-refractivity contribution in [3.63, 3.8) is 0 Å². The van der Waals surface area contributed by atoms with Gasteiger partial charge in [0.2, 0.25) is 0 Å². The zero-order valence-corrected chi connectivity index (χ0v) is 13.6. The van der Waals surface area contributed by atoms with E-state index in [9.17, 15) is 0 Å². The Morgan fingerprint density at radius 2 is 1.95 bits per heavy atom. The highest BCUT2D eigenvalue weighted by Gasteiger charge is 2.05. The molecule has 0 amide bonds.